The van der Waals surface area contributed by atoms with Gasteiger partial charge in [0.05, 0.1) is 20.6 Å². The highest BCUT2D eigenvalue weighted by molar-refractivity contribution is 9.10. The molecule has 0 saturated heterocycles. The lowest BCUT2D eigenvalue weighted by Gasteiger charge is -2.10. The van der Waals surface area contributed by atoms with Crippen LogP contribution < -0.4 is 14.8 Å². The molecular formula is C17H18BrNO3. The highest BCUT2D eigenvalue weighted by Crippen LogP contribution is 2.27. The van der Waals surface area contributed by atoms with Crippen molar-refractivity contribution in [3.8, 4) is 11.5 Å². The van der Waals surface area contributed by atoms with E-state index in [9.17, 15) is 4.79 Å². The standard InChI is InChI=1S/C17H18BrNO3/c1-21-15-7-6-12(9-16(15)22-2)10-17(20)19-11-13-4-3-5-14(18)8-13/h3-9H,10-11H2,1-2H3,(H,19,20). The Kier molecular flexibility index (Phi) is 5.83. The third-order valence-corrected chi connectivity index (χ3v) is 3.68. The first-order chi connectivity index (χ1) is 10.6. The van der Waals surface area contributed by atoms with Crippen LogP contribution in [-0.2, 0) is 17.8 Å². The second kappa shape index (κ2) is 7.84. The van der Waals surface area contributed by atoms with Crippen molar-refractivity contribution in [3.63, 3.8) is 0 Å². The second-order valence-corrected chi connectivity index (χ2v) is 5.69. The van der Waals surface area contributed by atoms with Crippen LogP contribution in [0.5, 0.6) is 11.5 Å². The molecule has 0 radical (unpaired) electrons. The molecule has 0 heterocycles. The Balaban J connectivity index is 1.94. The smallest absolute Gasteiger partial charge is 0.224 e. The molecule has 4 nitrogen and oxygen atoms in total. The lowest BCUT2D eigenvalue weighted by Crippen LogP contribution is -2.24. The predicted octanol–water partition coefficient (Wildman–Crippen LogP) is 3.33. The van der Waals surface area contributed by atoms with Gasteiger partial charge in [0, 0.05) is 11.0 Å². The van der Waals surface area contributed by atoms with E-state index in [1.165, 1.54) is 0 Å². The average Bonchev–Trinajstić information content (AvgIpc) is 2.53. The molecule has 2 aromatic rings. The van der Waals surface area contributed by atoms with E-state index in [2.05, 4.69) is 21.2 Å². The maximum absolute atomic E-state index is 12.0. The minimum atomic E-state index is -0.0350. The van der Waals surface area contributed by atoms with E-state index in [0.717, 1.165) is 15.6 Å². The number of nitrogens with one attached hydrogen (secondary N) is 1. The van der Waals surface area contributed by atoms with Crippen LogP contribution in [0.3, 0.4) is 0 Å². The first kappa shape index (κ1) is 16.4. The zero-order chi connectivity index (χ0) is 15.9. The summed E-state index contributed by atoms with van der Waals surface area (Å²) in [5.74, 6) is 1.24. The van der Waals surface area contributed by atoms with Crippen LogP contribution in [0, 0.1) is 0 Å². The topological polar surface area (TPSA) is 47.6 Å². The third kappa shape index (κ3) is 4.49. The van der Waals surface area contributed by atoms with Gasteiger partial charge in [0.2, 0.25) is 5.91 Å². The number of carbonyl (C=O) groups is 1. The van der Waals surface area contributed by atoms with Gasteiger partial charge in [0.25, 0.3) is 0 Å². The van der Waals surface area contributed by atoms with Gasteiger partial charge in [-0.1, -0.05) is 34.1 Å². The molecule has 0 saturated carbocycles. The van der Waals surface area contributed by atoms with Crippen LogP contribution in [0.15, 0.2) is 46.9 Å². The summed E-state index contributed by atoms with van der Waals surface area (Å²) >= 11 is 3.41. The van der Waals surface area contributed by atoms with Crippen LogP contribution in [0.1, 0.15) is 11.1 Å². The number of methoxy groups -OCH3 is 2. The Labute approximate surface area is 138 Å². The van der Waals surface area contributed by atoms with Gasteiger partial charge < -0.3 is 14.8 Å². The lowest BCUT2D eigenvalue weighted by molar-refractivity contribution is -0.120. The molecule has 0 bridgehead atoms. The molecule has 0 aromatic heterocycles. The number of amides is 1. The normalized spacial score (nSPS) is 10.1. The fourth-order valence-corrected chi connectivity index (χ4v) is 2.53. The van der Waals surface area contributed by atoms with Crippen molar-refractivity contribution in [3.05, 3.63) is 58.1 Å². The van der Waals surface area contributed by atoms with E-state index in [4.69, 9.17) is 9.47 Å². The average molecular weight is 364 g/mol. The maximum atomic E-state index is 12.0. The van der Waals surface area contributed by atoms with Crippen molar-refractivity contribution in [2.24, 2.45) is 0 Å². The molecule has 22 heavy (non-hydrogen) atoms. The summed E-state index contributed by atoms with van der Waals surface area (Å²) in [5, 5.41) is 2.91. The number of hydrogen-bond acceptors (Lipinski definition) is 3. The number of rotatable bonds is 6. The van der Waals surface area contributed by atoms with Crippen LogP contribution in [0.4, 0.5) is 0 Å². The summed E-state index contributed by atoms with van der Waals surface area (Å²) in [4.78, 5) is 12.0. The Hall–Kier alpha value is -2.01. The van der Waals surface area contributed by atoms with E-state index in [0.29, 0.717) is 24.5 Å². The van der Waals surface area contributed by atoms with Gasteiger partial charge in [-0.15, -0.1) is 0 Å². The Morgan fingerprint density at radius 3 is 2.50 bits per heavy atom. The lowest BCUT2D eigenvalue weighted by atomic mass is 10.1. The van der Waals surface area contributed by atoms with Crippen molar-refractivity contribution >= 4 is 21.8 Å². The van der Waals surface area contributed by atoms with Crippen molar-refractivity contribution in [1.29, 1.82) is 0 Å². The molecule has 1 amide bonds. The van der Waals surface area contributed by atoms with Gasteiger partial charge in [-0.2, -0.15) is 0 Å². The molecule has 2 rings (SSSR count). The summed E-state index contributed by atoms with van der Waals surface area (Å²) in [6, 6.07) is 13.3. The highest BCUT2D eigenvalue weighted by Gasteiger charge is 2.08. The minimum absolute atomic E-state index is 0.0350. The molecule has 2 aromatic carbocycles. The zero-order valence-corrected chi connectivity index (χ0v) is 14.1. The zero-order valence-electron chi connectivity index (χ0n) is 12.6. The molecule has 0 aliphatic carbocycles. The molecule has 116 valence electrons. The van der Waals surface area contributed by atoms with Crippen LogP contribution in [0.2, 0.25) is 0 Å². The molecule has 0 unspecified atom stereocenters. The van der Waals surface area contributed by atoms with E-state index in [1.807, 2.05) is 36.4 Å². The van der Waals surface area contributed by atoms with Gasteiger partial charge >= 0.3 is 0 Å². The summed E-state index contributed by atoms with van der Waals surface area (Å²) in [6.45, 7) is 0.506. The Morgan fingerprint density at radius 2 is 1.82 bits per heavy atom. The number of halogens is 1. The quantitative estimate of drug-likeness (QED) is 0.856. The van der Waals surface area contributed by atoms with Gasteiger partial charge in [-0.25, -0.2) is 0 Å². The monoisotopic (exact) mass is 363 g/mol. The highest BCUT2D eigenvalue weighted by atomic mass is 79.9. The van der Waals surface area contributed by atoms with E-state index in [-0.39, 0.29) is 5.91 Å². The molecule has 1 N–H and O–H groups in total. The number of ether oxygens (including phenoxy) is 2. The molecule has 0 atom stereocenters. The van der Waals surface area contributed by atoms with Gasteiger partial charge in [0.15, 0.2) is 11.5 Å². The van der Waals surface area contributed by atoms with Gasteiger partial charge in [0.1, 0.15) is 0 Å². The summed E-state index contributed by atoms with van der Waals surface area (Å²) in [5.41, 5.74) is 1.93. The summed E-state index contributed by atoms with van der Waals surface area (Å²) in [7, 11) is 3.16. The van der Waals surface area contributed by atoms with Crippen molar-refractivity contribution < 1.29 is 14.3 Å². The van der Waals surface area contributed by atoms with Crippen molar-refractivity contribution in [2.45, 2.75) is 13.0 Å². The fraction of sp³-hybridized carbons (Fsp3) is 0.235. The molecule has 0 aliphatic heterocycles. The Bertz CT molecular complexity index is 658. The summed E-state index contributed by atoms with van der Waals surface area (Å²) in [6.07, 6.45) is 0.300. The first-order valence-corrected chi connectivity index (χ1v) is 7.63. The third-order valence-electron chi connectivity index (χ3n) is 3.19. The molecule has 5 heteroatoms. The minimum Gasteiger partial charge on any atom is -0.493 e. The number of hydrogen-bond donors (Lipinski definition) is 1. The molecule has 0 fully saturated rings. The Morgan fingerprint density at radius 1 is 1.05 bits per heavy atom. The number of carbonyl (C=O) groups excluding carboxylic acids is 1. The van der Waals surface area contributed by atoms with Gasteiger partial charge in [-0.3, -0.25) is 4.79 Å². The van der Waals surface area contributed by atoms with E-state index >= 15 is 0 Å². The van der Waals surface area contributed by atoms with E-state index in [1.54, 1.807) is 20.3 Å². The largest absolute Gasteiger partial charge is 0.493 e. The van der Waals surface area contributed by atoms with Crippen LogP contribution >= 0.6 is 15.9 Å². The van der Waals surface area contributed by atoms with Crippen LogP contribution in [-0.4, -0.2) is 20.1 Å². The van der Waals surface area contributed by atoms with E-state index < -0.39 is 0 Å². The number of benzene rings is 2. The molecule has 0 spiro atoms. The maximum Gasteiger partial charge on any atom is 0.224 e. The predicted molar refractivity (Wildman–Crippen MR) is 89.2 cm³/mol. The van der Waals surface area contributed by atoms with Crippen molar-refractivity contribution in [2.75, 3.05) is 14.2 Å². The van der Waals surface area contributed by atoms with Gasteiger partial charge in [-0.05, 0) is 35.4 Å². The molecule has 0 aliphatic rings. The first-order valence-electron chi connectivity index (χ1n) is 6.84. The second-order valence-electron chi connectivity index (χ2n) is 4.77. The molecular weight excluding hydrogens is 346 g/mol. The van der Waals surface area contributed by atoms with Crippen molar-refractivity contribution in [1.82, 2.24) is 5.32 Å². The van der Waals surface area contributed by atoms with Crippen LogP contribution in [0.25, 0.3) is 0 Å². The SMILES string of the molecule is COc1ccc(CC(=O)NCc2cccc(Br)c2)cc1OC. The fourth-order valence-electron chi connectivity index (χ4n) is 2.09. The summed E-state index contributed by atoms with van der Waals surface area (Å²) < 4.78 is 11.4.